The Morgan fingerprint density at radius 3 is 2.67 bits per heavy atom. The number of carbonyl (C=O) groups is 1. The molecule has 1 unspecified atom stereocenters. The number of esters is 1. The molecule has 0 radical (unpaired) electrons. The number of benzene rings is 1. The lowest BCUT2D eigenvalue weighted by Crippen LogP contribution is -2.15. The molecule has 1 atom stereocenters. The van der Waals surface area contributed by atoms with Crippen molar-refractivity contribution in [2.75, 3.05) is 13.7 Å². The molecule has 3 nitrogen and oxygen atoms in total. The molecule has 0 N–H and O–H groups in total. The van der Waals surface area contributed by atoms with Crippen molar-refractivity contribution in [2.45, 2.75) is 44.9 Å². The summed E-state index contributed by atoms with van der Waals surface area (Å²) in [7, 11) is 1.39. The summed E-state index contributed by atoms with van der Waals surface area (Å²) in [5, 5.41) is 0.555. The number of hydrogen-bond acceptors (Lipinski definition) is 3. The van der Waals surface area contributed by atoms with Gasteiger partial charge in [0, 0.05) is 0 Å². The zero-order valence-electron chi connectivity index (χ0n) is 12.7. The maximum absolute atomic E-state index is 11.5. The maximum Gasteiger partial charge on any atom is 0.312 e. The number of halogens is 1. The molecule has 0 spiro atoms. The molecule has 1 fully saturated rings. The van der Waals surface area contributed by atoms with Gasteiger partial charge in [-0.15, -0.1) is 0 Å². The van der Waals surface area contributed by atoms with Crippen LogP contribution in [0.2, 0.25) is 5.02 Å². The third-order valence-electron chi connectivity index (χ3n) is 4.21. The predicted molar refractivity (Wildman–Crippen MR) is 84.0 cm³/mol. The van der Waals surface area contributed by atoms with Crippen molar-refractivity contribution in [3.63, 3.8) is 0 Å². The molecule has 0 bridgehead atoms. The second-order valence-electron chi connectivity index (χ2n) is 5.75. The zero-order valence-corrected chi connectivity index (χ0v) is 13.5. The van der Waals surface area contributed by atoms with Crippen molar-refractivity contribution in [3.8, 4) is 5.75 Å². The molecule has 0 amide bonds. The lowest BCUT2D eigenvalue weighted by atomic mass is 9.90. The van der Waals surface area contributed by atoms with Crippen molar-refractivity contribution >= 4 is 17.6 Å². The number of carbonyl (C=O) groups excluding carboxylic acids is 1. The highest BCUT2D eigenvalue weighted by atomic mass is 35.5. The Morgan fingerprint density at radius 2 is 2.05 bits per heavy atom. The summed E-state index contributed by atoms with van der Waals surface area (Å²) in [5.41, 5.74) is 0.844. The minimum absolute atomic E-state index is 0.262. The summed E-state index contributed by atoms with van der Waals surface area (Å²) in [6.07, 6.45) is 6.44. The van der Waals surface area contributed by atoms with Gasteiger partial charge in [-0.05, 0) is 43.4 Å². The van der Waals surface area contributed by atoms with Crippen LogP contribution in [0, 0.1) is 5.92 Å². The fourth-order valence-corrected chi connectivity index (χ4v) is 3.02. The van der Waals surface area contributed by atoms with Crippen LogP contribution in [0.5, 0.6) is 5.75 Å². The van der Waals surface area contributed by atoms with E-state index >= 15 is 0 Å². The van der Waals surface area contributed by atoms with E-state index in [1.54, 1.807) is 13.0 Å². The van der Waals surface area contributed by atoms with Gasteiger partial charge < -0.3 is 9.47 Å². The molecule has 1 saturated carbocycles. The molecule has 1 aromatic carbocycles. The first-order chi connectivity index (χ1) is 10.1. The molecule has 1 aromatic rings. The molecular formula is C17H23ClO3. The van der Waals surface area contributed by atoms with Crippen molar-refractivity contribution in [2.24, 2.45) is 5.92 Å². The zero-order chi connectivity index (χ0) is 15.2. The van der Waals surface area contributed by atoms with E-state index in [-0.39, 0.29) is 11.9 Å². The van der Waals surface area contributed by atoms with E-state index in [4.69, 9.17) is 21.1 Å². The largest absolute Gasteiger partial charge is 0.492 e. The smallest absolute Gasteiger partial charge is 0.312 e. The Hall–Kier alpha value is -1.22. The topological polar surface area (TPSA) is 35.5 Å². The van der Waals surface area contributed by atoms with Gasteiger partial charge in [0.2, 0.25) is 0 Å². The summed E-state index contributed by atoms with van der Waals surface area (Å²) in [6, 6.07) is 5.52. The fourth-order valence-electron chi connectivity index (χ4n) is 2.78. The van der Waals surface area contributed by atoms with Crippen molar-refractivity contribution in [3.05, 3.63) is 28.8 Å². The van der Waals surface area contributed by atoms with E-state index in [2.05, 4.69) is 0 Å². The van der Waals surface area contributed by atoms with Gasteiger partial charge in [-0.25, -0.2) is 0 Å². The second-order valence-corrected chi connectivity index (χ2v) is 6.16. The van der Waals surface area contributed by atoms with E-state index in [1.807, 2.05) is 12.1 Å². The molecular weight excluding hydrogens is 288 g/mol. The quantitative estimate of drug-likeness (QED) is 0.747. The summed E-state index contributed by atoms with van der Waals surface area (Å²) in [5.74, 6) is 0.758. The van der Waals surface area contributed by atoms with Crippen molar-refractivity contribution < 1.29 is 14.3 Å². The molecule has 0 aromatic heterocycles. The summed E-state index contributed by atoms with van der Waals surface area (Å²) in [6.45, 7) is 2.53. The van der Waals surface area contributed by atoms with Gasteiger partial charge in [-0.1, -0.05) is 36.9 Å². The third-order valence-corrected chi connectivity index (χ3v) is 4.51. The molecule has 4 heteroatoms. The van der Waals surface area contributed by atoms with Crippen LogP contribution in [0.1, 0.15) is 50.5 Å². The Balaban J connectivity index is 1.96. The normalized spacial score (nSPS) is 17.3. The first-order valence-corrected chi connectivity index (χ1v) is 7.99. The number of hydrogen-bond donors (Lipinski definition) is 0. The fraction of sp³-hybridized carbons (Fsp3) is 0.588. The summed E-state index contributed by atoms with van der Waals surface area (Å²) >= 11 is 6.26. The lowest BCUT2D eigenvalue weighted by Gasteiger charge is -2.22. The first-order valence-electron chi connectivity index (χ1n) is 7.62. The van der Waals surface area contributed by atoms with Crippen LogP contribution >= 0.6 is 11.6 Å². The lowest BCUT2D eigenvalue weighted by molar-refractivity contribution is -0.141. The monoisotopic (exact) mass is 310 g/mol. The molecule has 1 aliphatic rings. The van der Waals surface area contributed by atoms with E-state index in [9.17, 15) is 4.79 Å². The van der Waals surface area contributed by atoms with Crippen molar-refractivity contribution in [1.82, 2.24) is 0 Å². The van der Waals surface area contributed by atoms with Crippen LogP contribution in [-0.2, 0) is 9.53 Å². The minimum Gasteiger partial charge on any atom is -0.492 e. The SMILES string of the molecule is COC(=O)C(C)c1ccc(OCC2CCCCC2)c(Cl)c1. The Bertz CT molecular complexity index is 481. The second kappa shape index (κ2) is 7.69. The Morgan fingerprint density at radius 1 is 1.33 bits per heavy atom. The summed E-state index contributed by atoms with van der Waals surface area (Å²) in [4.78, 5) is 11.5. The predicted octanol–water partition coefficient (Wildman–Crippen LogP) is 4.58. The molecule has 2 rings (SSSR count). The van der Waals surface area contributed by atoms with Crippen LogP contribution in [0.25, 0.3) is 0 Å². The standard InChI is InChI=1S/C17H23ClO3/c1-12(17(19)20-2)14-8-9-16(15(18)10-14)21-11-13-6-4-3-5-7-13/h8-10,12-13H,3-7,11H2,1-2H3. The molecule has 0 saturated heterocycles. The summed E-state index contributed by atoms with van der Waals surface area (Å²) < 4.78 is 10.6. The van der Waals surface area contributed by atoms with Gasteiger partial charge >= 0.3 is 5.97 Å². The van der Waals surface area contributed by atoms with Gasteiger partial charge in [0.1, 0.15) is 5.75 Å². The van der Waals surface area contributed by atoms with E-state index in [0.29, 0.717) is 16.7 Å². The van der Waals surface area contributed by atoms with Gasteiger partial charge in [0.15, 0.2) is 0 Å². The van der Waals surface area contributed by atoms with Crippen molar-refractivity contribution in [1.29, 1.82) is 0 Å². The molecule has 1 aliphatic carbocycles. The van der Waals surface area contributed by atoms with Gasteiger partial charge in [-0.3, -0.25) is 4.79 Å². The van der Waals surface area contributed by atoms with Crippen LogP contribution < -0.4 is 4.74 Å². The van der Waals surface area contributed by atoms with Crippen LogP contribution in [0.3, 0.4) is 0 Å². The third kappa shape index (κ3) is 4.37. The minimum atomic E-state index is -0.320. The Labute approximate surface area is 131 Å². The van der Waals surface area contributed by atoms with Crippen LogP contribution in [0.15, 0.2) is 18.2 Å². The highest BCUT2D eigenvalue weighted by molar-refractivity contribution is 6.32. The highest BCUT2D eigenvalue weighted by Gasteiger charge is 2.18. The van der Waals surface area contributed by atoms with Gasteiger partial charge in [-0.2, -0.15) is 0 Å². The van der Waals surface area contributed by atoms with E-state index in [1.165, 1.54) is 39.2 Å². The number of rotatable bonds is 5. The van der Waals surface area contributed by atoms with Crippen LogP contribution in [-0.4, -0.2) is 19.7 Å². The number of ether oxygens (including phenoxy) is 2. The van der Waals surface area contributed by atoms with Gasteiger partial charge in [0.05, 0.1) is 24.7 Å². The average Bonchev–Trinajstić information content (AvgIpc) is 2.53. The molecule has 0 heterocycles. The van der Waals surface area contributed by atoms with Gasteiger partial charge in [0.25, 0.3) is 0 Å². The van der Waals surface area contributed by atoms with E-state index < -0.39 is 0 Å². The molecule has 0 aliphatic heterocycles. The van der Waals surface area contributed by atoms with Crippen LogP contribution in [0.4, 0.5) is 0 Å². The molecule has 21 heavy (non-hydrogen) atoms. The maximum atomic E-state index is 11.5. The first kappa shape index (κ1) is 16.2. The highest BCUT2D eigenvalue weighted by Crippen LogP contribution is 2.31. The average molecular weight is 311 g/mol. The Kier molecular flexibility index (Phi) is 5.92. The van der Waals surface area contributed by atoms with E-state index in [0.717, 1.165) is 12.2 Å². The number of methoxy groups -OCH3 is 1. The molecule has 116 valence electrons.